The summed E-state index contributed by atoms with van der Waals surface area (Å²) in [6.07, 6.45) is 3.65. The Morgan fingerprint density at radius 3 is 2.82 bits per heavy atom. The molecular formula is C16H20N2O3S. The Kier molecular flexibility index (Phi) is 3.10. The summed E-state index contributed by atoms with van der Waals surface area (Å²) >= 11 is 0. The molecule has 118 valence electrons. The van der Waals surface area contributed by atoms with E-state index in [9.17, 15) is 13.2 Å². The van der Waals surface area contributed by atoms with Crippen molar-refractivity contribution >= 4 is 21.4 Å². The number of anilines is 1. The molecule has 0 aromatic heterocycles. The van der Waals surface area contributed by atoms with Gasteiger partial charge in [-0.2, -0.15) is 0 Å². The quantitative estimate of drug-likeness (QED) is 0.862. The molecule has 2 N–H and O–H groups in total. The highest BCUT2D eigenvalue weighted by Gasteiger charge is 2.57. The minimum atomic E-state index is -3.16. The van der Waals surface area contributed by atoms with Crippen molar-refractivity contribution in [3.05, 3.63) is 23.8 Å². The summed E-state index contributed by atoms with van der Waals surface area (Å²) in [5.41, 5.74) is 1.66. The fraction of sp³-hybridized carbons (Fsp3) is 0.562. The topological polar surface area (TPSA) is 75.3 Å². The first-order chi connectivity index (χ1) is 10.5. The Bertz CT molecular complexity index is 736. The van der Waals surface area contributed by atoms with Crippen LogP contribution in [0.15, 0.2) is 23.1 Å². The lowest BCUT2D eigenvalue weighted by Crippen LogP contribution is -2.31. The van der Waals surface area contributed by atoms with Crippen molar-refractivity contribution in [3.8, 4) is 0 Å². The second kappa shape index (κ2) is 4.80. The van der Waals surface area contributed by atoms with E-state index in [0.29, 0.717) is 17.0 Å². The Morgan fingerprint density at radius 1 is 1.27 bits per heavy atom. The fourth-order valence-corrected chi connectivity index (χ4v) is 5.49. The Morgan fingerprint density at radius 2 is 2.05 bits per heavy atom. The van der Waals surface area contributed by atoms with Crippen LogP contribution in [-0.4, -0.2) is 33.2 Å². The molecule has 1 aromatic carbocycles. The molecule has 5 nitrogen and oxygen atoms in total. The lowest BCUT2D eigenvalue weighted by Gasteiger charge is -2.23. The summed E-state index contributed by atoms with van der Waals surface area (Å²) in [6, 6.07) is 5.25. The minimum absolute atomic E-state index is 0.0391. The second-order valence-corrected chi connectivity index (χ2v) is 8.83. The van der Waals surface area contributed by atoms with Crippen LogP contribution in [0.25, 0.3) is 0 Å². The molecule has 1 saturated heterocycles. The first-order valence-electron chi connectivity index (χ1n) is 7.88. The molecule has 1 aliphatic carbocycles. The second-order valence-electron chi connectivity index (χ2n) is 6.75. The van der Waals surface area contributed by atoms with Gasteiger partial charge in [-0.1, -0.05) is 6.07 Å². The molecule has 3 aliphatic rings. The number of hydrogen-bond donors (Lipinski definition) is 2. The number of hydrogen-bond acceptors (Lipinski definition) is 4. The van der Waals surface area contributed by atoms with Crippen LogP contribution in [-0.2, 0) is 21.1 Å². The van der Waals surface area contributed by atoms with Gasteiger partial charge >= 0.3 is 0 Å². The summed E-state index contributed by atoms with van der Waals surface area (Å²) in [7, 11) is -3.16. The molecule has 0 radical (unpaired) electrons. The van der Waals surface area contributed by atoms with E-state index in [2.05, 4.69) is 10.6 Å². The predicted octanol–water partition coefficient (Wildman–Crippen LogP) is 1.34. The highest BCUT2D eigenvalue weighted by molar-refractivity contribution is 7.91. The number of amides is 1. The van der Waals surface area contributed by atoms with Crippen molar-refractivity contribution in [2.24, 2.45) is 11.3 Å². The smallest absolute Gasteiger partial charge is 0.228 e. The number of rotatable bonds is 2. The van der Waals surface area contributed by atoms with Crippen molar-refractivity contribution < 1.29 is 13.2 Å². The summed E-state index contributed by atoms with van der Waals surface area (Å²) < 4.78 is 23.9. The Labute approximate surface area is 130 Å². The van der Waals surface area contributed by atoms with E-state index in [1.165, 1.54) is 0 Å². The molecule has 2 fully saturated rings. The molecule has 22 heavy (non-hydrogen) atoms. The van der Waals surface area contributed by atoms with E-state index in [0.717, 1.165) is 37.9 Å². The van der Waals surface area contributed by atoms with E-state index in [1.807, 2.05) is 12.1 Å². The molecule has 1 aromatic rings. The van der Waals surface area contributed by atoms with Crippen molar-refractivity contribution in [1.29, 1.82) is 0 Å². The van der Waals surface area contributed by atoms with Crippen LogP contribution < -0.4 is 10.6 Å². The highest BCUT2D eigenvalue weighted by Crippen LogP contribution is 2.58. The number of aryl methyl sites for hydroxylation is 1. The molecule has 4 rings (SSSR count). The Hall–Kier alpha value is -1.40. The molecule has 1 saturated carbocycles. The number of fused-ring (bicyclic) bond motifs is 1. The van der Waals surface area contributed by atoms with Crippen LogP contribution in [0.4, 0.5) is 5.69 Å². The van der Waals surface area contributed by atoms with E-state index >= 15 is 0 Å². The molecule has 1 atom stereocenters. The minimum Gasteiger partial charge on any atom is -0.326 e. The first-order valence-corrected chi connectivity index (χ1v) is 9.53. The number of carbonyl (C=O) groups excluding carboxylic acids is 1. The van der Waals surface area contributed by atoms with Gasteiger partial charge in [-0.3, -0.25) is 4.79 Å². The number of carbonyl (C=O) groups is 1. The maximum absolute atomic E-state index is 12.4. The van der Waals surface area contributed by atoms with Gasteiger partial charge in [0.05, 0.1) is 10.6 Å². The van der Waals surface area contributed by atoms with Gasteiger partial charge in [0, 0.05) is 11.6 Å². The molecule has 1 amide bonds. The normalized spacial score (nSPS) is 27.4. The van der Waals surface area contributed by atoms with Gasteiger partial charge in [-0.25, -0.2) is 8.42 Å². The van der Waals surface area contributed by atoms with Gasteiger partial charge in [0.15, 0.2) is 9.84 Å². The molecule has 2 heterocycles. The third-order valence-corrected chi connectivity index (χ3v) is 7.21. The van der Waals surface area contributed by atoms with E-state index < -0.39 is 9.84 Å². The van der Waals surface area contributed by atoms with Gasteiger partial charge in [-0.05, 0) is 61.9 Å². The van der Waals surface area contributed by atoms with Crippen LogP contribution in [0.5, 0.6) is 0 Å². The van der Waals surface area contributed by atoms with Crippen LogP contribution in [0, 0.1) is 11.3 Å². The number of piperidine rings is 1. The van der Waals surface area contributed by atoms with E-state index in [-0.39, 0.29) is 23.0 Å². The highest BCUT2D eigenvalue weighted by atomic mass is 32.2. The third-order valence-electron chi connectivity index (χ3n) is 5.42. The third kappa shape index (κ3) is 2.25. The van der Waals surface area contributed by atoms with Gasteiger partial charge in [0.25, 0.3) is 0 Å². The monoisotopic (exact) mass is 320 g/mol. The predicted molar refractivity (Wildman–Crippen MR) is 83.5 cm³/mol. The zero-order valence-electron chi connectivity index (χ0n) is 12.4. The Balaban J connectivity index is 1.50. The zero-order valence-corrected chi connectivity index (χ0v) is 13.2. The standard InChI is InChI=1S/C16H20N2O3S/c19-15(13-10-16(13)4-6-17-7-5-16)18-12-2-1-11-3-8-22(20,21)14(11)9-12/h1-2,9,13,17H,3-8,10H2,(H,18,19). The van der Waals surface area contributed by atoms with Gasteiger partial charge < -0.3 is 10.6 Å². The average molecular weight is 320 g/mol. The summed E-state index contributed by atoms with van der Waals surface area (Å²) in [5, 5.41) is 6.25. The fourth-order valence-electron chi connectivity index (χ4n) is 3.91. The van der Waals surface area contributed by atoms with E-state index in [4.69, 9.17) is 0 Å². The summed E-state index contributed by atoms with van der Waals surface area (Å²) in [4.78, 5) is 12.8. The summed E-state index contributed by atoms with van der Waals surface area (Å²) in [5.74, 6) is 0.301. The van der Waals surface area contributed by atoms with Crippen molar-refractivity contribution in [1.82, 2.24) is 5.32 Å². The van der Waals surface area contributed by atoms with Crippen LogP contribution in [0.1, 0.15) is 24.8 Å². The van der Waals surface area contributed by atoms with Crippen LogP contribution in [0.3, 0.4) is 0 Å². The molecule has 0 bridgehead atoms. The van der Waals surface area contributed by atoms with Gasteiger partial charge in [0.1, 0.15) is 0 Å². The number of sulfone groups is 1. The largest absolute Gasteiger partial charge is 0.326 e. The molecule has 2 aliphatic heterocycles. The van der Waals surface area contributed by atoms with Crippen LogP contribution >= 0.6 is 0 Å². The average Bonchev–Trinajstić information content (AvgIpc) is 3.10. The molecule has 6 heteroatoms. The lowest BCUT2D eigenvalue weighted by molar-refractivity contribution is -0.118. The lowest BCUT2D eigenvalue weighted by atomic mass is 9.92. The van der Waals surface area contributed by atoms with Crippen molar-refractivity contribution in [2.45, 2.75) is 30.6 Å². The van der Waals surface area contributed by atoms with Gasteiger partial charge in [0.2, 0.25) is 5.91 Å². The zero-order chi connectivity index (χ0) is 15.4. The van der Waals surface area contributed by atoms with Crippen molar-refractivity contribution in [2.75, 3.05) is 24.2 Å². The molecule has 1 spiro atoms. The maximum atomic E-state index is 12.4. The van der Waals surface area contributed by atoms with Crippen LogP contribution in [0.2, 0.25) is 0 Å². The number of benzene rings is 1. The molecular weight excluding hydrogens is 300 g/mol. The van der Waals surface area contributed by atoms with E-state index in [1.54, 1.807) is 6.07 Å². The molecule has 1 unspecified atom stereocenters. The number of nitrogens with one attached hydrogen (secondary N) is 2. The maximum Gasteiger partial charge on any atom is 0.228 e. The summed E-state index contributed by atoms with van der Waals surface area (Å²) in [6.45, 7) is 1.97. The van der Waals surface area contributed by atoms with Crippen molar-refractivity contribution in [3.63, 3.8) is 0 Å². The SMILES string of the molecule is O=C(Nc1ccc2c(c1)S(=O)(=O)CC2)C1CC12CCNCC2. The van der Waals surface area contributed by atoms with Gasteiger partial charge in [-0.15, -0.1) is 0 Å². The first kappa shape index (κ1) is 14.2.